The van der Waals surface area contributed by atoms with Crippen LogP contribution in [0, 0.1) is 11.7 Å². The van der Waals surface area contributed by atoms with Crippen LogP contribution in [0.2, 0.25) is 0 Å². The minimum Gasteiger partial charge on any atom is -0.396 e. The van der Waals surface area contributed by atoms with E-state index in [0.717, 1.165) is 17.7 Å². The van der Waals surface area contributed by atoms with Crippen LogP contribution in [-0.4, -0.2) is 12.5 Å². The maximum Gasteiger partial charge on any atom is 0.258 e. The second-order valence-electron chi connectivity index (χ2n) is 5.59. The summed E-state index contributed by atoms with van der Waals surface area (Å²) in [5, 5.41) is 0. The average molecular weight is 284 g/mol. The molecule has 2 N–H and O–H groups in total. The number of carbonyl (C=O) groups is 1. The fourth-order valence-electron chi connectivity index (χ4n) is 2.81. The van der Waals surface area contributed by atoms with Gasteiger partial charge in [-0.1, -0.05) is 25.1 Å². The molecule has 0 radical (unpaired) electrons. The Bertz CT molecular complexity index is 699. The highest BCUT2D eigenvalue weighted by Crippen LogP contribution is 2.30. The number of fused-ring (bicyclic) bond motifs is 1. The monoisotopic (exact) mass is 284 g/mol. The van der Waals surface area contributed by atoms with Crippen molar-refractivity contribution < 1.29 is 9.18 Å². The van der Waals surface area contributed by atoms with E-state index in [2.05, 4.69) is 6.92 Å². The number of anilines is 2. The van der Waals surface area contributed by atoms with Crippen molar-refractivity contribution in [2.75, 3.05) is 17.2 Å². The lowest BCUT2D eigenvalue weighted by molar-refractivity contribution is 0.0980. The Hall–Kier alpha value is -2.36. The molecule has 2 aromatic carbocycles. The summed E-state index contributed by atoms with van der Waals surface area (Å²) in [6.45, 7) is 2.75. The predicted octanol–water partition coefficient (Wildman–Crippen LogP) is 3.25. The van der Waals surface area contributed by atoms with E-state index in [1.165, 1.54) is 12.1 Å². The zero-order valence-corrected chi connectivity index (χ0v) is 11.8. The first-order valence-electron chi connectivity index (χ1n) is 7.01. The SMILES string of the molecule is CC1Cc2ccccc2N(C(=O)c2ccc(N)c(F)c2)C1. The molecule has 3 nitrogen and oxygen atoms in total. The van der Waals surface area contributed by atoms with Gasteiger partial charge in [0.05, 0.1) is 5.69 Å². The number of carbonyl (C=O) groups excluding carboxylic acids is 1. The molecular weight excluding hydrogens is 267 g/mol. The van der Waals surface area contributed by atoms with Gasteiger partial charge >= 0.3 is 0 Å². The predicted molar refractivity (Wildman–Crippen MR) is 81.8 cm³/mol. The molecule has 0 aromatic heterocycles. The number of halogens is 1. The molecule has 1 amide bonds. The number of rotatable bonds is 1. The van der Waals surface area contributed by atoms with Crippen molar-refractivity contribution in [2.24, 2.45) is 5.92 Å². The zero-order chi connectivity index (χ0) is 15.0. The summed E-state index contributed by atoms with van der Waals surface area (Å²) in [4.78, 5) is 14.4. The van der Waals surface area contributed by atoms with Crippen molar-refractivity contribution >= 4 is 17.3 Å². The second-order valence-corrected chi connectivity index (χ2v) is 5.59. The Morgan fingerprint density at radius 1 is 1.29 bits per heavy atom. The van der Waals surface area contributed by atoms with Gasteiger partial charge in [0, 0.05) is 17.8 Å². The minimum absolute atomic E-state index is 0.0546. The Balaban J connectivity index is 1.99. The van der Waals surface area contributed by atoms with Gasteiger partial charge in [-0.2, -0.15) is 0 Å². The molecule has 0 fully saturated rings. The van der Waals surface area contributed by atoms with Crippen LogP contribution < -0.4 is 10.6 Å². The summed E-state index contributed by atoms with van der Waals surface area (Å²) in [6.07, 6.45) is 0.954. The number of para-hydroxylation sites is 1. The Morgan fingerprint density at radius 3 is 2.81 bits per heavy atom. The third-order valence-corrected chi connectivity index (χ3v) is 3.84. The van der Waals surface area contributed by atoms with Crippen LogP contribution in [-0.2, 0) is 6.42 Å². The Kier molecular flexibility index (Phi) is 3.37. The molecule has 108 valence electrons. The van der Waals surface area contributed by atoms with Crippen LogP contribution in [0.25, 0.3) is 0 Å². The molecule has 0 aliphatic carbocycles. The van der Waals surface area contributed by atoms with Crippen LogP contribution in [0.4, 0.5) is 15.8 Å². The van der Waals surface area contributed by atoms with E-state index in [9.17, 15) is 9.18 Å². The second kappa shape index (κ2) is 5.20. The van der Waals surface area contributed by atoms with Crippen molar-refractivity contribution in [3.8, 4) is 0 Å². The summed E-state index contributed by atoms with van der Waals surface area (Å²) < 4.78 is 13.6. The van der Waals surface area contributed by atoms with Gasteiger partial charge in [-0.05, 0) is 42.2 Å². The van der Waals surface area contributed by atoms with Crippen LogP contribution in [0.1, 0.15) is 22.8 Å². The van der Waals surface area contributed by atoms with Crippen molar-refractivity contribution in [3.05, 3.63) is 59.4 Å². The molecule has 1 aliphatic rings. The fourth-order valence-corrected chi connectivity index (χ4v) is 2.81. The molecule has 0 saturated carbocycles. The van der Waals surface area contributed by atoms with Crippen molar-refractivity contribution in [3.63, 3.8) is 0 Å². The molecule has 1 atom stereocenters. The standard InChI is InChI=1S/C17H17FN2O/c1-11-8-12-4-2-3-5-16(12)20(10-11)17(21)13-6-7-15(19)14(18)9-13/h2-7,9,11H,8,10,19H2,1H3. The molecule has 2 aromatic rings. The first-order chi connectivity index (χ1) is 10.1. The number of hydrogen-bond acceptors (Lipinski definition) is 2. The van der Waals surface area contributed by atoms with Gasteiger partial charge in [-0.3, -0.25) is 4.79 Å². The van der Waals surface area contributed by atoms with E-state index in [-0.39, 0.29) is 11.6 Å². The maximum absolute atomic E-state index is 13.6. The third kappa shape index (κ3) is 2.49. The summed E-state index contributed by atoms with van der Waals surface area (Å²) in [7, 11) is 0. The number of benzene rings is 2. The van der Waals surface area contributed by atoms with E-state index in [0.29, 0.717) is 18.0 Å². The molecule has 3 rings (SSSR count). The Labute approximate surface area is 123 Å². The molecule has 1 heterocycles. The molecule has 0 bridgehead atoms. The topological polar surface area (TPSA) is 46.3 Å². The van der Waals surface area contributed by atoms with Crippen molar-refractivity contribution in [1.82, 2.24) is 0 Å². The molecule has 21 heavy (non-hydrogen) atoms. The molecule has 0 spiro atoms. The largest absolute Gasteiger partial charge is 0.396 e. The number of nitrogens with two attached hydrogens (primary N) is 1. The smallest absolute Gasteiger partial charge is 0.258 e. The van der Waals surface area contributed by atoms with E-state index in [1.807, 2.05) is 24.3 Å². The lowest BCUT2D eigenvalue weighted by Crippen LogP contribution is -2.39. The van der Waals surface area contributed by atoms with Gasteiger partial charge in [-0.15, -0.1) is 0 Å². The highest BCUT2D eigenvalue weighted by Gasteiger charge is 2.27. The van der Waals surface area contributed by atoms with Gasteiger partial charge in [0.1, 0.15) is 5.82 Å². The molecule has 0 saturated heterocycles. The fraction of sp³-hybridized carbons (Fsp3) is 0.235. The quantitative estimate of drug-likeness (QED) is 0.817. The first kappa shape index (κ1) is 13.6. The average Bonchev–Trinajstić information content (AvgIpc) is 2.48. The van der Waals surface area contributed by atoms with E-state index in [1.54, 1.807) is 11.0 Å². The third-order valence-electron chi connectivity index (χ3n) is 3.84. The van der Waals surface area contributed by atoms with Crippen molar-refractivity contribution in [1.29, 1.82) is 0 Å². The van der Waals surface area contributed by atoms with Gasteiger partial charge in [0.25, 0.3) is 5.91 Å². The summed E-state index contributed by atoms with van der Waals surface area (Å²) >= 11 is 0. The summed E-state index contributed by atoms with van der Waals surface area (Å²) in [5.41, 5.74) is 7.91. The lowest BCUT2D eigenvalue weighted by atomic mass is 9.93. The van der Waals surface area contributed by atoms with Gasteiger partial charge < -0.3 is 10.6 Å². The summed E-state index contributed by atoms with van der Waals surface area (Å²) in [5.74, 6) is -0.366. The van der Waals surface area contributed by atoms with Crippen LogP contribution >= 0.6 is 0 Å². The van der Waals surface area contributed by atoms with E-state index < -0.39 is 5.82 Å². The highest BCUT2D eigenvalue weighted by molar-refractivity contribution is 6.07. The van der Waals surface area contributed by atoms with Gasteiger partial charge in [0.2, 0.25) is 0 Å². The van der Waals surface area contributed by atoms with Gasteiger partial charge in [-0.25, -0.2) is 4.39 Å². The number of amides is 1. The minimum atomic E-state index is -0.556. The molecular formula is C17H17FN2O. The number of nitrogen functional groups attached to an aromatic ring is 1. The van der Waals surface area contributed by atoms with E-state index >= 15 is 0 Å². The molecule has 1 unspecified atom stereocenters. The molecule has 4 heteroatoms. The number of hydrogen-bond donors (Lipinski definition) is 1. The lowest BCUT2D eigenvalue weighted by Gasteiger charge is -2.33. The highest BCUT2D eigenvalue weighted by atomic mass is 19.1. The molecule has 1 aliphatic heterocycles. The normalized spacial score (nSPS) is 17.4. The Morgan fingerprint density at radius 2 is 2.05 bits per heavy atom. The van der Waals surface area contributed by atoms with Crippen LogP contribution in [0.3, 0.4) is 0 Å². The van der Waals surface area contributed by atoms with Gasteiger partial charge in [0.15, 0.2) is 0 Å². The van der Waals surface area contributed by atoms with E-state index in [4.69, 9.17) is 5.73 Å². The van der Waals surface area contributed by atoms with Crippen LogP contribution in [0.5, 0.6) is 0 Å². The van der Waals surface area contributed by atoms with Crippen molar-refractivity contribution in [2.45, 2.75) is 13.3 Å². The zero-order valence-electron chi connectivity index (χ0n) is 11.8. The maximum atomic E-state index is 13.6. The van der Waals surface area contributed by atoms with Crippen LogP contribution in [0.15, 0.2) is 42.5 Å². The number of nitrogens with zero attached hydrogens (tertiary/aromatic N) is 1. The first-order valence-corrected chi connectivity index (χ1v) is 7.01. The summed E-state index contributed by atoms with van der Waals surface area (Å²) in [6, 6.07) is 12.1.